The first-order valence-electron chi connectivity index (χ1n) is 18.6. The minimum atomic E-state index is -2.85. The van der Waals surface area contributed by atoms with E-state index in [4.69, 9.17) is 21.4 Å². The predicted molar refractivity (Wildman–Crippen MR) is 223 cm³/mol. The van der Waals surface area contributed by atoms with Gasteiger partial charge in [0.15, 0.2) is 0 Å². The molecule has 300 valence electrons. The summed E-state index contributed by atoms with van der Waals surface area (Å²) in [6.45, 7) is 10.2. The van der Waals surface area contributed by atoms with Crippen LogP contribution in [-0.2, 0) is 23.5 Å². The van der Waals surface area contributed by atoms with Crippen molar-refractivity contribution in [2.45, 2.75) is 56.6 Å². The van der Waals surface area contributed by atoms with Crippen molar-refractivity contribution < 1.29 is 38.2 Å². The van der Waals surface area contributed by atoms with Gasteiger partial charge in [-0.2, -0.15) is 0 Å². The second-order valence-electron chi connectivity index (χ2n) is 15.3. The minimum absolute atomic E-state index is 0.0845. The molecule has 3 aromatic carbocycles. The number of ether oxygens (including phenoxy) is 1. The van der Waals surface area contributed by atoms with Gasteiger partial charge in [0.25, 0.3) is 8.32 Å². The minimum Gasteiger partial charge on any atom is -0.477 e. The summed E-state index contributed by atoms with van der Waals surface area (Å²) in [6.07, 6.45) is 0. The number of rotatable bonds is 13. The summed E-state index contributed by atoms with van der Waals surface area (Å²) < 4.78 is 12.1. The van der Waals surface area contributed by atoms with E-state index in [0.29, 0.717) is 17.7 Å². The molecule has 2 saturated heterocycles. The van der Waals surface area contributed by atoms with Crippen LogP contribution in [0.2, 0.25) is 5.04 Å². The predicted octanol–water partition coefficient (Wildman–Crippen LogP) is 4.24. The lowest BCUT2D eigenvalue weighted by Gasteiger charge is -2.58. The van der Waals surface area contributed by atoms with Crippen LogP contribution in [0.5, 0.6) is 0 Å². The molecule has 3 aliphatic rings. The average molecular weight is 830 g/mol. The Morgan fingerprint density at radius 2 is 1.54 bits per heavy atom. The molecule has 3 N–H and O–H groups in total. The highest BCUT2D eigenvalue weighted by Gasteiger charge is 2.60. The molecule has 0 spiro atoms. The topological polar surface area (TPSA) is 158 Å². The van der Waals surface area contributed by atoms with Crippen LogP contribution in [0, 0.1) is 0 Å². The first kappa shape index (κ1) is 41.6. The number of nitrogens with one attached hydrogen (secondary N) is 2. The van der Waals surface area contributed by atoms with Crippen LogP contribution in [-0.4, -0.2) is 113 Å². The number of urea groups is 2. The van der Waals surface area contributed by atoms with Gasteiger partial charge in [-0.1, -0.05) is 124 Å². The third-order valence-electron chi connectivity index (χ3n) is 10.5. The van der Waals surface area contributed by atoms with Gasteiger partial charge in [-0.05, 0) is 27.9 Å². The van der Waals surface area contributed by atoms with Gasteiger partial charge in [-0.25, -0.2) is 19.3 Å². The Labute approximate surface area is 342 Å². The summed E-state index contributed by atoms with van der Waals surface area (Å²) in [5.74, 6) is -2.13. The fourth-order valence-corrected chi connectivity index (χ4v) is 14.2. The van der Waals surface area contributed by atoms with Crippen LogP contribution >= 0.6 is 24.0 Å². The number of thioether (sulfide) groups is 1. The molecule has 0 bridgehead atoms. The first-order valence-corrected chi connectivity index (χ1v) is 22.0. The first-order chi connectivity index (χ1) is 27.1. The molecular weight excluding hydrogens is 783 g/mol. The number of thiocarbonyl (C=S) groups is 1. The normalized spacial score (nSPS) is 20.1. The molecule has 0 aromatic heterocycles. The van der Waals surface area contributed by atoms with Crippen molar-refractivity contribution in [2.75, 3.05) is 38.6 Å². The third kappa shape index (κ3) is 8.08. The number of carbonyl (C=O) groups excluding carboxylic acids is 4. The summed E-state index contributed by atoms with van der Waals surface area (Å²) in [7, 11) is -2.85. The monoisotopic (exact) mass is 829 g/mol. The van der Waals surface area contributed by atoms with Gasteiger partial charge in [0.1, 0.15) is 34.2 Å². The number of aliphatic carboxylic acids is 1. The lowest BCUT2D eigenvalue weighted by atomic mass is 9.88. The fraction of sp³-hybridized carbons (Fsp3) is 0.366. The van der Waals surface area contributed by atoms with Crippen LogP contribution in [0.4, 0.5) is 9.59 Å². The Morgan fingerprint density at radius 3 is 2.09 bits per heavy atom. The maximum atomic E-state index is 14.2. The van der Waals surface area contributed by atoms with Gasteiger partial charge in [-0.3, -0.25) is 9.59 Å². The van der Waals surface area contributed by atoms with E-state index in [9.17, 15) is 29.1 Å². The van der Waals surface area contributed by atoms with Crippen molar-refractivity contribution in [2.24, 2.45) is 0 Å². The second-order valence-corrected chi connectivity index (χ2v) is 21.1. The smallest absolute Gasteiger partial charge is 0.352 e. The van der Waals surface area contributed by atoms with E-state index >= 15 is 0 Å². The zero-order valence-corrected chi connectivity index (χ0v) is 35.2. The maximum Gasteiger partial charge on any atom is 0.352 e. The molecule has 0 saturated carbocycles. The van der Waals surface area contributed by atoms with E-state index in [0.717, 1.165) is 15.3 Å². The summed E-state index contributed by atoms with van der Waals surface area (Å²) in [5, 5.41) is 17.2. The molecule has 1 unspecified atom stereocenters. The number of nitrogens with zero attached hydrogens (tertiary/aromatic N) is 3. The Bertz CT molecular complexity index is 2030. The van der Waals surface area contributed by atoms with Crippen LogP contribution in [0.15, 0.2) is 102 Å². The number of carboxylic acids is 1. The largest absolute Gasteiger partial charge is 0.477 e. The summed E-state index contributed by atoms with van der Waals surface area (Å²) >= 11 is 7.05. The number of benzene rings is 3. The molecule has 16 heteroatoms. The van der Waals surface area contributed by atoms with Gasteiger partial charge in [0.05, 0.1) is 6.61 Å². The van der Waals surface area contributed by atoms with Gasteiger partial charge >= 0.3 is 24.0 Å². The Kier molecular flexibility index (Phi) is 12.3. The maximum absolute atomic E-state index is 14.2. The summed E-state index contributed by atoms with van der Waals surface area (Å²) in [4.78, 5) is 69.8. The molecule has 2 fully saturated rings. The second kappa shape index (κ2) is 16.8. The van der Waals surface area contributed by atoms with Crippen molar-refractivity contribution in [3.05, 3.63) is 108 Å². The Balaban J connectivity index is 1.15. The number of esters is 1. The van der Waals surface area contributed by atoms with Crippen molar-refractivity contribution in [1.29, 1.82) is 0 Å². The number of hydrogen-bond donors (Lipinski definition) is 3. The highest BCUT2D eigenvalue weighted by Crippen LogP contribution is 2.47. The van der Waals surface area contributed by atoms with Crippen LogP contribution < -0.4 is 21.0 Å². The number of carbonyl (C=O) groups is 5. The highest BCUT2D eigenvalue weighted by atomic mass is 32.2. The van der Waals surface area contributed by atoms with Gasteiger partial charge < -0.3 is 34.7 Å². The zero-order chi connectivity index (χ0) is 41.1. The molecule has 6 rings (SSSR count). The molecule has 5 amide bonds. The van der Waals surface area contributed by atoms with E-state index in [-0.39, 0.29) is 47.8 Å². The van der Waals surface area contributed by atoms with E-state index < -0.39 is 55.2 Å². The molecule has 3 aliphatic heterocycles. The third-order valence-corrected chi connectivity index (χ3v) is 17.7. The van der Waals surface area contributed by atoms with E-state index in [1.807, 2.05) is 36.4 Å². The quantitative estimate of drug-likeness (QED) is 0.129. The van der Waals surface area contributed by atoms with Crippen LogP contribution in [0.1, 0.15) is 46.2 Å². The van der Waals surface area contributed by atoms with Crippen molar-refractivity contribution in [3.63, 3.8) is 0 Å². The van der Waals surface area contributed by atoms with Gasteiger partial charge in [0.2, 0.25) is 5.91 Å². The standard InChI is InChI=1S/C41H47N5O8S2Si/c1-27(47)53-25-29-26-56-37-41(5,36(55)46(37)33(29)35(49)50)43-34(48)32(28-15-9-6-10-16-28)42-38(51)45-22-21-44(39(45)52)23-24-54-57(40(2,3)4,30-17-11-7-12-18-30)31-19-13-8-14-20-31/h6-20,32,37H,21-26H2,1-5H3,(H,42,51)(H,43,48)(H,49,50)/t32?,37-,41+/m0/s1. The summed E-state index contributed by atoms with van der Waals surface area (Å²) in [5.41, 5.74) is -0.377. The molecule has 13 nitrogen and oxygen atoms in total. The zero-order valence-electron chi connectivity index (χ0n) is 32.5. The number of hydrogen-bond acceptors (Lipinski definition) is 9. The number of carboxylic acid groups (broad SMARTS) is 1. The molecule has 57 heavy (non-hydrogen) atoms. The number of imide groups is 1. The molecule has 0 aliphatic carbocycles. The van der Waals surface area contributed by atoms with Gasteiger partial charge in [-0.15, -0.1) is 11.8 Å². The Morgan fingerprint density at radius 1 is 0.965 bits per heavy atom. The van der Waals surface area contributed by atoms with Crippen LogP contribution in [0.25, 0.3) is 0 Å². The molecule has 3 aromatic rings. The van der Waals surface area contributed by atoms with Crippen molar-refractivity contribution in [3.8, 4) is 0 Å². The number of amides is 5. The number of fused-ring (bicyclic) bond motifs is 1. The van der Waals surface area contributed by atoms with E-state index in [1.54, 1.807) is 42.2 Å². The van der Waals surface area contributed by atoms with E-state index in [1.165, 1.54) is 23.6 Å². The highest BCUT2D eigenvalue weighted by molar-refractivity contribution is 8.00. The fourth-order valence-electron chi connectivity index (χ4n) is 7.73. The van der Waals surface area contributed by atoms with Crippen LogP contribution in [0.3, 0.4) is 0 Å². The summed E-state index contributed by atoms with van der Waals surface area (Å²) in [6, 6.07) is 26.6. The lowest BCUT2D eigenvalue weighted by Crippen LogP contribution is -2.78. The molecule has 3 atom stereocenters. The average Bonchev–Trinajstić information content (AvgIpc) is 3.56. The lowest BCUT2D eigenvalue weighted by molar-refractivity contribution is -0.140. The van der Waals surface area contributed by atoms with Crippen molar-refractivity contribution in [1.82, 2.24) is 25.3 Å². The van der Waals surface area contributed by atoms with E-state index in [2.05, 4.69) is 55.7 Å². The Hall–Kier alpha value is -5.03. The molecular formula is C41H47N5O8S2Si. The van der Waals surface area contributed by atoms with Crippen molar-refractivity contribution >= 4 is 77.6 Å². The molecule has 3 heterocycles. The van der Waals surface area contributed by atoms with Gasteiger partial charge in [0, 0.05) is 37.9 Å². The SMILES string of the molecule is CC(=O)OCC1=C(C(=O)O)N2C(=S)[C@@](C)(NC(=O)C(NC(=O)N3CCN(CCO[Si](c4ccccc4)(c4ccccc4)C(C)(C)C)C3=O)c3ccccc3)[C@@H]2SC1. The molecule has 0 radical (unpaired) electrons.